The lowest BCUT2D eigenvalue weighted by Gasteiger charge is -2.37. The number of ether oxygens (including phenoxy) is 3. The van der Waals surface area contributed by atoms with E-state index >= 15 is 0 Å². The molecule has 0 saturated heterocycles. The number of aliphatic imine (C=N–C) groups is 2. The Hall–Kier alpha value is -2.11. The molecule has 0 fully saturated rings. The van der Waals surface area contributed by atoms with Gasteiger partial charge in [0.05, 0.1) is 14.2 Å². The summed E-state index contributed by atoms with van der Waals surface area (Å²) in [6.45, 7) is 13.0. The number of nitrogens with zero attached hydrogens (tertiary/aromatic N) is 2. The second kappa shape index (κ2) is 9.39. The maximum Gasteiger partial charge on any atom is 0.303 e. The van der Waals surface area contributed by atoms with Crippen LogP contribution in [0.3, 0.4) is 0 Å². The van der Waals surface area contributed by atoms with Crippen LogP contribution in [-0.2, 0) is 19.0 Å². The molecule has 0 aromatic carbocycles. The average Bonchev–Trinajstić information content (AvgIpc) is 2.58. The predicted molar refractivity (Wildman–Crippen MR) is 100 cm³/mol. The second-order valence-corrected chi connectivity index (χ2v) is 6.43. The highest BCUT2D eigenvalue weighted by Gasteiger charge is 2.44. The number of methoxy groups -OCH3 is 2. The molecule has 0 spiro atoms. The number of rotatable bonds is 8. The van der Waals surface area contributed by atoms with Crippen molar-refractivity contribution in [2.45, 2.75) is 57.7 Å². The average molecular weight is 350 g/mol. The second-order valence-electron chi connectivity index (χ2n) is 6.43. The van der Waals surface area contributed by atoms with Gasteiger partial charge in [0.25, 0.3) is 0 Å². The van der Waals surface area contributed by atoms with Crippen molar-refractivity contribution in [2.75, 3.05) is 14.2 Å². The first kappa shape index (κ1) is 20.9. The van der Waals surface area contributed by atoms with E-state index in [9.17, 15) is 4.79 Å². The molecule has 6 heteroatoms. The van der Waals surface area contributed by atoms with E-state index in [1.807, 2.05) is 6.08 Å². The molecule has 0 aromatic rings. The van der Waals surface area contributed by atoms with E-state index in [0.29, 0.717) is 31.1 Å². The Kier molecular flexibility index (Phi) is 7.87. The van der Waals surface area contributed by atoms with Gasteiger partial charge in [-0.15, -0.1) is 6.58 Å². The number of hydrogen-bond donors (Lipinski definition) is 0. The van der Waals surface area contributed by atoms with Crippen molar-refractivity contribution < 1.29 is 19.0 Å². The van der Waals surface area contributed by atoms with Crippen LogP contribution in [0, 0.1) is 5.92 Å². The zero-order chi connectivity index (χ0) is 19.0. The number of carbonyl (C=O) groups excluding carboxylic acids is 1. The first-order valence-electron chi connectivity index (χ1n) is 8.50. The molecule has 2 unspecified atom stereocenters. The van der Waals surface area contributed by atoms with Crippen LogP contribution < -0.4 is 0 Å². The molecule has 1 rings (SSSR count). The molecule has 0 aliphatic carbocycles. The molecule has 0 radical (unpaired) electrons. The largest absolute Gasteiger partial charge is 0.483 e. The third-order valence-electron chi connectivity index (χ3n) is 4.15. The lowest BCUT2D eigenvalue weighted by atomic mass is 9.85. The lowest BCUT2D eigenvalue weighted by Crippen LogP contribution is -2.48. The molecule has 3 atom stereocenters. The van der Waals surface area contributed by atoms with Gasteiger partial charge in [-0.3, -0.25) is 4.79 Å². The van der Waals surface area contributed by atoms with Gasteiger partial charge < -0.3 is 14.2 Å². The normalized spacial score (nSPS) is 24.0. The molecular formula is C19H30N2O4. The third-order valence-corrected chi connectivity index (χ3v) is 4.15. The van der Waals surface area contributed by atoms with Crippen molar-refractivity contribution >= 4 is 17.8 Å². The van der Waals surface area contributed by atoms with Gasteiger partial charge in [0.2, 0.25) is 11.8 Å². The van der Waals surface area contributed by atoms with Gasteiger partial charge in [0.15, 0.2) is 0 Å². The molecule has 1 heterocycles. The summed E-state index contributed by atoms with van der Waals surface area (Å²) in [5.41, 5.74) is -0.784. The SMILES string of the molecule is C=CCCC1(CC(C=C)OC(C)=O)N=C(OC)[C@@H](C(C)C)N=C1OC. The molecule has 0 N–H and O–H groups in total. The van der Waals surface area contributed by atoms with Crippen molar-refractivity contribution in [2.24, 2.45) is 15.9 Å². The van der Waals surface area contributed by atoms with E-state index in [2.05, 4.69) is 27.0 Å². The van der Waals surface area contributed by atoms with Gasteiger partial charge in [0, 0.05) is 13.3 Å². The van der Waals surface area contributed by atoms with Gasteiger partial charge in [0.1, 0.15) is 17.7 Å². The fourth-order valence-electron chi connectivity index (χ4n) is 2.93. The quantitative estimate of drug-likeness (QED) is 0.497. The van der Waals surface area contributed by atoms with E-state index < -0.39 is 11.6 Å². The highest BCUT2D eigenvalue weighted by atomic mass is 16.5. The van der Waals surface area contributed by atoms with Crippen LogP contribution in [0.25, 0.3) is 0 Å². The van der Waals surface area contributed by atoms with E-state index in [-0.39, 0.29) is 17.9 Å². The number of esters is 1. The van der Waals surface area contributed by atoms with Gasteiger partial charge in [-0.1, -0.05) is 32.6 Å². The van der Waals surface area contributed by atoms with Crippen LogP contribution >= 0.6 is 0 Å². The summed E-state index contributed by atoms with van der Waals surface area (Å²) in [5.74, 6) is 0.926. The van der Waals surface area contributed by atoms with Crippen molar-refractivity contribution in [3.63, 3.8) is 0 Å². The highest BCUT2D eigenvalue weighted by molar-refractivity contribution is 5.97. The molecule has 140 valence electrons. The first-order valence-corrected chi connectivity index (χ1v) is 8.50. The standard InChI is InChI=1S/C19H30N2O4/c1-8-10-11-19(12-15(9-2)25-14(5)22)18(24-7)20-16(13(3)4)17(21-19)23-6/h8-9,13,15-16H,1-2,10-12H2,3-7H3/t15?,16-,19?/m1/s1. The fourth-order valence-corrected chi connectivity index (χ4v) is 2.93. The summed E-state index contributed by atoms with van der Waals surface area (Å²) < 4.78 is 16.5. The molecule has 0 saturated carbocycles. The summed E-state index contributed by atoms with van der Waals surface area (Å²) in [6, 6.07) is -0.201. The van der Waals surface area contributed by atoms with Crippen LogP contribution in [0.5, 0.6) is 0 Å². The van der Waals surface area contributed by atoms with E-state index in [1.165, 1.54) is 6.92 Å². The lowest BCUT2D eigenvalue weighted by molar-refractivity contribution is -0.144. The first-order chi connectivity index (χ1) is 11.8. The van der Waals surface area contributed by atoms with Crippen LogP contribution in [0.1, 0.15) is 40.0 Å². The predicted octanol–water partition coefficient (Wildman–Crippen LogP) is 3.33. The zero-order valence-corrected chi connectivity index (χ0v) is 15.9. The summed E-state index contributed by atoms with van der Waals surface area (Å²) >= 11 is 0. The number of allylic oxidation sites excluding steroid dienone is 1. The topological polar surface area (TPSA) is 69.5 Å². The minimum absolute atomic E-state index is 0.201. The molecule has 0 amide bonds. The molecule has 0 bridgehead atoms. The van der Waals surface area contributed by atoms with E-state index in [4.69, 9.17) is 24.2 Å². The van der Waals surface area contributed by atoms with Crippen LogP contribution in [0.15, 0.2) is 35.3 Å². The van der Waals surface area contributed by atoms with Crippen molar-refractivity contribution in [1.82, 2.24) is 0 Å². The maximum absolute atomic E-state index is 11.4. The van der Waals surface area contributed by atoms with Gasteiger partial charge >= 0.3 is 5.97 Å². The van der Waals surface area contributed by atoms with Crippen molar-refractivity contribution in [3.05, 3.63) is 25.3 Å². The zero-order valence-electron chi connectivity index (χ0n) is 15.9. The Morgan fingerprint density at radius 2 is 2.00 bits per heavy atom. The Balaban J connectivity index is 3.34. The summed E-state index contributed by atoms with van der Waals surface area (Å²) in [5, 5.41) is 0. The van der Waals surface area contributed by atoms with Crippen molar-refractivity contribution in [1.29, 1.82) is 0 Å². The number of carbonyl (C=O) groups is 1. The third kappa shape index (κ3) is 5.18. The monoisotopic (exact) mass is 350 g/mol. The number of hydrogen-bond acceptors (Lipinski definition) is 6. The molecule has 1 aliphatic heterocycles. The van der Waals surface area contributed by atoms with Crippen molar-refractivity contribution in [3.8, 4) is 0 Å². The smallest absolute Gasteiger partial charge is 0.303 e. The van der Waals surface area contributed by atoms with Crippen LogP contribution in [-0.4, -0.2) is 49.7 Å². The highest BCUT2D eigenvalue weighted by Crippen LogP contribution is 2.34. The fraction of sp³-hybridized carbons (Fsp3) is 0.632. The van der Waals surface area contributed by atoms with Gasteiger partial charge in [-0.2, -0.15) is 0 Å². The van der Waals surface area contributed by atoms with E-state index in [0.717, 1.165) is 0 Å². The molecule has 1 aliphatic rings. The molecule has 0 aromatic heterocycles. The minimum atomic E-state index is -0.784. The summed E-state index contributed by atoms with van der Waals surface area (Å²) in [7, 11) is 3.18. The molecule has 25 heavy (non-hydrogen) atoms. The molecular weight excluding hydrogens is 320 g/mol. The van der Waals surface area contributed by atoms with Crippen LogP contribution in [0.4, 0.5) is 0 Å². The Labute approximate surface area is 150 Å². The van der Waals surface area contributed by atoms with Crippen LogP contribution in [0.2, 0.25) is 0 Å². The Morgan fingerprint density at radius 3 is 2.44 bits per heavy atom. The van der Waals surface area contributed by atoms with Gasteiger partial charge in [-0.25, -0.2) is 9.98 Å². The maximum atomic E-state index is 11.4. The minimum Gasteiger partial charge on any atom is -0.483 e. The molecule has 6 nitrogen and oxygen atoms in total. The summed E-state index contributed by atoms with van der Waals surface area (Å²) in [4.78, 5) is 21.0. The van der Waals surface area contributed by atoms with E-state index in [1.54, 1.807) is 20.3 Å². The Bertz CT molecular complexity index is 554. The summed E-state index contributed by atoms with van der Waals surface area (Å²) in [6.07, 6.45) is 4.63. The van der Waals surface area contributed by atoms with Gasteiger partial charge in [-0.05, 0) is 18.8 Å². The Morgan fingerprint density at radius 1 is 1.32 bits per heavy atom.